The second kappa shape index (κ2) is 11.1. The number of piperazine rings is 1. The van der Waals surface area contributed by atoms with E-state index in [0.717, 1.165) is 18.4 Å². The molecule has 1 aromatic heterocycles. The number of nitrogens with zero attached hydrogens (tertiary/aromatic N) is 4. The molecule has 0 N–H and O–H groups in total. The van der Waals surface area contributed by atoms with Crippen LogP contribution in [0.1, 0.15) is 35.8 Å². The number of aromatic nitrogens is 2. The topological polar surface area (TPSA) is 84.9 Å². The molecule has 2 heterocycles. The molecule has 1 fully saturated rings. The summed E-state index contributed by atoms with van der Waals surface area (Å²) in [6, 6.07) is 5.60. The van der Waals surface area contributed by atoms with Gasteiger partial charge in [0.25, 0.3) is 5.91 Å². The molecule has 1 aliphatic rings. The maximum absolute atomic E-state index is 12.6. The summed E-state index contributed by atoms with van der Waals surface area (Å²) in [5.74, 6) is 1.09. The summed E-state index contributed by atoms with van der Waals surface area (Å²) in [6.07, 6.45) is 9.84. The first-order chi connectivity index (χ1) is 15.1. The molecule has 0 aliphatic carbocycles. The third-order valence-corrected chi connectivity index (χ3v) is 5.02. The molecule has 8 nitrogen and oxygen atoms in total. The lowest BCUT2D eigenvalue weighted by atomic mass is 10.1. The molecule has 0 radical (unpaired) electrons. The molecule has 31 heavy (non-hydrogen) atoms. The molecule has 0 unspecified atom stereocenters. The number of hydrogen-bond acceptors (Lipinski definition) is 6. The molecule has 2 aromatic rings. The number of carbonyl (C=O) groups excluding carboxylic acids is 2. The predicted molar refractivity (Wildman–Crippen MR) is 117 cm³/mol. The van der Waals surface area contributed by atoms with Crippen molar-refractivity contribution >= 4 is 17.9 Å². The predicted octanol–water partition coefficient (Wildman–Crippen LogP) is 2.66. The van der Waals surface area contributed by atoms with Gasteiger partial charge in [0.15, 0.2) is 11.5 Å². The van der Waals surface area contributed by atoms with Crippen molar-refractivity contribution in [3.8, 4) is 11.5 Å². The van der Waals surface area contributed by atoms with Crippen molar-refractivity contribution in [3.05, 3.63) is 54.1 Å². The maximum Gasteiger partial charge on any atom is 0.274 e. The summed E-state index contributed by atoms with van der Waals surface area (Å²) in [5, 5.41) is 0. The van der Waals surface area contributed by atoms with E-state index in [9.17, 15) is 9.59 Å². The summed E-state index contributed by atoms with van der Waals surface area (Å²) in [7, 11) is 1.60. The fraction of sp³-hybridized carbons (Fsp3) is 0.391. The Hall–Kier alpha value is -3.42. The van der Waals surface area contributed by atoms with E-state index in [-0.39, 0.29) is 11.8 Å². The van der Waals surface area contributed by atoms with E-state index in [1.807, 2.05) is 18.2 Å². The van der Waals surface area contributed by atoms with Crippen molar-refractivity contribution in [2.45, 2.75) is 19.8 Å². The van der Waals surface area contributed by atoms with Crippen molar-refractivity contribution in [2.24, 2.45) is 0 Å². The monoisotopic (exact) mass is 424 g/mol. The van der Waals surface area contributed by atoms with Gasteiger partial charge in [0.1, 0.15) is 5.69 Å². The second-order valence-electron chi connectivity index (χ2n) is 7.15. The van der Waals surface area contributed by atoms with Gasteiger partial charge in [0, 0.05) is 44.6 Å². The molecule has 0 saturated carbocycles. The van der Waals surface area contributed by atoms with Crippen LogP contribution in [0.25, 0.3) is 6.08 Å². The van der Waals surface area contributed by atoms with Crippen LogP contribution in [0.4, 0.5) is 0 Å². The van der Waals surface area contributed by atoms with Gasteiger partial charge < -0.3 is 19.3 Å². The molecule has 2 amide bonds. The summed E-state index contributed by atoms with van der Waals surface area (Å²) < 4.78 is 11.1. The zero-order valence-corrected chi connectivity index (χ0v) is 18.0. The largest absolute Gasteiger partial charge is 0.493 e. The lowest BCUT2D eigenvalue weighted by Gasteiger charge is -2.34. The Morgan fingerprint density at radius 1 is 1.10 bits per heavy atom. The van der Waals surface area contributed by atoms with Crippen LogP contribution in [0.2, 0.25) is 0 Å². The summed E-state index contributed by atoms with van der Waals surface area (Å²) in [4.78, 5) is 36.4. The molecule has 3 rings (SSSR count). The van der Waals surface area contributed by atoms with Crippen molar-refractivity contribution in [1.29, 1.82) is 0 Å². The molecule has 0 bridgehead atoms. The van der Waals surface area contributed by atoms with Crippen LogP contribution in [-0.2, 0) is 4.79 Å². The molecule has 0 spiro atoms. The minimum Gasteiger partial charge on any atom is -0.493 e. The van der Waals surface area contributed by atoms with E-state index >= 15 is 0 Å². The molecule has 8 heteroatoms. The van der Waals surface area contributed by atoms with E-state index in [0.29, 0.717) is 50.0 Å². The average molecular weight is 425 g/mol. The van der Waals surface area contributed by atoms with Crippen LogP contribution in [-0.4, -0.2) is 71.5 Å². The van der Waals surface area contributed by atoms with Crippen LogP contribution in [0, 0.1) is 0 Å². The van der Waals surface area contributed by atoms with Crippen molar-refractivity contribution < 1.29 is 19.1 Å². The Morgan fingerprint density at radius 3 is 2.55 bits per heavy atom. The van der Waals surface area contributed by atoms with Crippen molar-refractivity contribution in [3.63, 3.8) is 0 Å². The van der Waals surface area contributed by atoms with Crippen molar-refractivity contribution in [2.75, 3.05) is 39.9 Å². The van der Waals surface area contributed by atoms with Gasteiger partial charge in [-0.25, -0.2) is 4.98 Å². The van der Waals surface area contributed by atoms with Gasteiger partial charge in [-0.1, -0.05) is 19.4 Å². The lowest BCUT2D eigenvalue weighted by molar-refractivity contribution is -0.127. The van der Waals surface area contributed by atoms with Crippen LogP contribution >= 0.6 is 0 Å². The van der Waals surface area contributed by atoms with Gasteiger partial charge in [-0.05, 0) is 30.2 Å². The van der Waals surface area contributed by atoms with Gasteiger partial charge in [0.05, 0.1) is 19.9 Å². The number of unbranched alkanes of at least 4 members (excludes halogenated alkanes) is 1. The molecule has 1 aliphatic heterocycles. The number of amides is 2. The fourth-order valence-corrected chi connectivity index (χ4v) is 3.21. The minimum absolute atomic E-state index is 0.0890. The lowest BCUT2D eigenvalue weighted by Crippen LogP contribution is -2.50. The molecule has 1 saturated heterocycles. The van der Waals surface area contributed by atoms with Gasteiger partial charge in [-0.15, -0.1) is 0 Å². The van der Waals surface area contributed by atoms with Crippen molar-refractivity contribution in [1.82, 2.24) is 19.8 Å². The first kappa shape index (κ1) is 22.3. The van der Waals surface area contributed by atoms with Gasteiger partial charge in [0.2, 0.25) is 5.91 Å². The highest BCUT2D eigenvalue weighted by Gasteiger charge is 2.24. The van der Waals surface area contributed by atoms with E-state index in [2.05, 4.69) is 16.9 Å². The Morgan fingerprint density at radius 2 is 1.87 bits per heavy atom. The summed E-state index contributed by atoms with van der Waals surface area (Å²) >= 11 is 0. The van der Waals surface area contributed by atoms with Gasteiger partial charge >= 0.3 is 0 Å². The maximum atomic E-state index is 12.6. The van der Waals surface area contributed by atoms with E-state index in [1.165, 1.54) is 18.6 Å². The number of carbonyl (C=O) groups is 2. The molecular formula is C23H28N4O4. The highest BCUT2D eigenvalue weighted by molar-refractivity contribution is 5.93. The quantitative estimate of drug-likeness (QED) is 0.478. The van der Waals surface area contributed by atoms with Crippen LogP contribution in [0.15, 0.2) is 42.9 Å². The van der Waals surface area contributed by atoms with Gasteiger partial charge in [-0.3, -0.25) is 14.6 Å². The molecular weight excluding hydrogens is 396 g/mol. The third-order valence-electron chi connectivity index (χ3n) is 5.02. The summed E-state index contributed by atoms with van der Waals surface area (Å²) in [5.41, 5.74) is 1.17. The fourth-order valence-electron chi connectivity index (χ4n) is 3.21. The standard InChI is InChI=1S/C23H28N4O4/c1-3-4-15-31-20-7-5-18(16-21(20)30-2)6-8-22(28)26-11-13-27(14-12-26)23(29)19-17-24-9-10-25-19/h5-10,16-17H,3-4,11-15H2,1-2H3/b8-6+. The Labute approximate surface area is 182 Å². The molecule has 1 aromatic carbocycles. The normalized spacial score (nSPS) is 14.0. The number of benzene rings is 1. The summed E-state index contributed by atoms with van der Waals surface area (Å²) in [6.45, 7) is 4.64. The number of rotatable bonds is 8. The third kappa shape index (κ3) is 6.04. The first-order valence-corrected chi connectivity index (χ1v) is 10.5. The highest BCUT2D eigenvalue weighted by Crippen LogP contribution is 2.28. The highest BCUT2D eigenvalue weighted by atomic mass is 16.5. The number of methoxy groups -OCH3 is 1. The first-order valence-electron chi connectivity index (χ1n) is 10.5. The van der Waals surface area contributed by atoms with E-state index in [4.69, 9.17) is 9.47 Å². The number of ether oxygens (including phenoxy) is 2. The SMILES string of the molecule is CCCCOc1ccc(/C=C/C(=O)N2CCN(C(=O)c3cnccn3)CC2)cc1OC. The van der Waals surface area contributed by atoms with Crippen LogP contribution < -0.4 is 9.47 Å². The van der Waals surface area contributed by atoms with E-state index < -0.39 is 0 Å². The minimum atomic E-state index is -0.163. The number of hydrogen-bond donors (Lipinski definition) is 0. The van der Waals surface area contributed by atoms with Gasteiger partial charge in [-0.2, -0.15) is 0 Å². The smallest absolute Gasteiger partial charge is 0.274 e. The Bertz CT molecular complexity index is 909. The Kier molecular flexibility index (Phi) is 7.98. The van der Waals surface area contributed by atoms with E-state index in [1.54, 1.807) is 29.1 Å². The zero-order valence-electron chi connectivity index (χ0n) is 18.0. The average Bonchev–Trinajstić information content (AvgIpc) is 2.83. The molecule has 164 valence electrons. The van der Waals surface area contributed by atoms with Crippen LogP contribution in [0.5, 0.6) is 11.5 Å². The zero-order chi connectivity index (χ0) is 22.1. The Balaban J connectivity index is 1.54. The van der Waals surface area contributed by atoms with Crippen LogP contribution in [0.3, 0.4) is 0 Å². The second-order valence-corrected chi connectivity index (χ2v) is 7.15. The molecule has 0 atom stereocenters.